The first kappa shape index (κ1) is 12.0. The van der Waals surface area contributed by atoms with Crippen molar-refractivity contribution in [3.63, 3.8) is 0 Å². The predicted molar refractivity (Wildman–Crippen MR) is 53.6 cm³/mol. The molecule has 15 heavy (non-hydrogen) atoms. The lowest BCUT2D eigenvalue weighted by Gasteiger charge is -2.36. The van der Waals surface area contributed by atoms with Gasteiger partial charge in [0.15, 0.2) is 0 Å². The van der Waals surface area contributed by atoms with Crippen molar-refractivity contribution in [2.24, 2.45) is 0 Å². The van der Waals surface area contributed by atoms with Gasteiger partial charge in [-0.1, -0.05) is 0 Å². The second-order valence-electron chi connectivity index (χ2n) is 4.49. The summed E-state index contributed by atoms with van der Waals surface area (Å²) in [6.45, 7) is 6.40. The Morgan fingerprint density at radius 1 is 1.53 bits per heavy atom. The van der Waals surface area contributed by atoms with E-state index in [1.807, 2.05) is 0 Å². The number of carbonyl (C=O) groups is 2. The van der Waals surface area contributed by atoms with Crippen LogP contribution in [0.15, 0.2) is 0 Å². The van der Waals surface area contributed by atoms with Crippen LogP contribution in [0, 0.1) is 0 Å². The summed E-state index contributed by atoms with van der Waals surface area (Å²) in [4.78, 5) is 23.5. The zero-order chi connectivity index (χ0) is 11.5. The maximum atomic E-state index is 11.7. The first-order chi connectivity index (χ1) is 6.94. The van der Waals surface area contributed by atoms with Gasteiger partial charge in [-0.15, -0.1) is 0 Å². The monoisotopic (exact) mass is 215 g/mol. The molecule has 1 saturated heterocycles. The van der Waals surface area contributed by atoms with Gasteiger partial charge in [0.25, 0.3) is 0 Å². The maximum absolute atomic E-state index is 11.7. The number of nitrogens with zero attached hydrogens (tertiary/aromatic N) is 1. The minimum Gasteiger partial charge on any atom is -0.444 e. The van der Waals surface area contributed by atoms with E-state index >= 15 is 0 Å². The van der Waals surface area contributed by atoms with E-state index in [0.717, 1.165) is 0 Å². The van der Waals surface area contributed by atoms with Crippen molar-refractivity contribution in [2.75, 3.05) is 19.8 Å². The van der Waals surface area contributed by atoms with Gasteiger partial charge >= 0.3 is 6.09 Å². The highest BCUT2D eigenvalue weighted by atomic mass is 16.6. The highest BCUT2D eigenvalue weighted by Gasteiger charge is 2.32. The molecule has 0 aromatic rings. The summed E-state index contributed by atoms with van der Waals surface area (Å²) >= 11 is 0. The number of amides is 1. The van der Waals surface area contributed by atoms with Gasteiger partial charge in [-0.25, -0.2) is 4.79 Å². The third-order valence-electron chi connectivity index (χ3n) is 1.96. The lowest BCUT2D eigenvalue weighted by Crippen LogP contribution is -2.53. The molecular formula is C10H17NO4. The average molecular weight is 215 g/mol. The lowest BCUT2D eigenvalue weighted by atomic mass is 10.2. The average Bonchev–Trinajstić information content (AvgIpc) is 1.96. The summed E-state index contributed by atoms with van der Waals surface area (Å²) in [5.41, 5.74) is -0.539. The largest absolute Gasteiger partial charge is 0.444 e. The summed E-state index contributed by atoms with van der Waals surface area (Å²) in [6.07, 6.45) is 0.241. The van der Waals surface area contributed by atoms with Crippen molar-refractivity contribution >= 4 is 12.4 Å². The fourth-order valence-electron chi connectivity index (χ4n) is 1.18. The van der Waals surface area contributed by atoms with Crippen LogP contribution in [0.4, 0.5) is 4.79 Å². The molecule has 5 nitrogen and oxygen atoms in total. The van der Waals surface area contributed by atoms with E-state index in [1.54, 1.807) is 20.8 Å². The Balaban J connectivity index is 2.54. The van der Waals surface area contributed by atoms with Crippen molar-refractivity contribution < 1.29 is 19.1 Å². The van der Waals surface area contributed by atoms with Crippen LogP contribution < -0.4 is 0 Å². The van der Waals surface area contributed by atoms with Gasteiger partial charge in [0.05, 0.1) is 25.8 Å². The smallest absolute Gasteiger partial charge is 0.411 e. The topological polar surface area (TPSA) is 55.8 Å². The van der Waals surface area contributed by atoms with Crippen molar-refractivity contribution in [3.8, 4) is 0 Å². The number of rotatable bonds is 3. The quantitative estimate of drug-likeness (QED) is 0.654. The van der Waals surface area contributed by atoms with Crippen molar-refractivity contribution in [1.82, 2.24) is 4.90 Å². The Kier molecular flexibility index (Phi) is 3.68. The number of hydrogen-bond acceptors (Lipinski definition) is 4. The second kappa shape index (κ2) is 4.61. The van der Waals surface area contributed by atoms with E-state index in [-0.39, 0.29) is 12.6 Å². The summed E-state index contributed by atoms with van der Waals surface area (Å²) in [5.74, 6) is 0. The minimum absolute atomic E-state index is 0.0231. The van der Waals surface area contributed by atoms with Crippen LogP contribution in [0.3, 0.4) is 0 Å². The molecular weight excluding hydrogens is 198 g/mol. The number of ether oxygens (including phenoxy) is 2. The standard InChI is InChI=1S/C10H17NO4/c1-10(2,3)15-9(13)11(4-5-12)8-6-14-7-8/h5,8H,4,6-7H2,1-3H3. The zero-order valence-electron chi connectivity index (χ0n) is 9.36. The minimum atomic E-state index is -0.539. The van der Waals surface area contributed by atoms with Gasteiger partial charge in [0.1, 0.15) is 11.9 Å². The zero-order valence-corrected chi connectivity index (χ0v) is 9.36. The molecule has 0 N–H and O–H groups in total. The van der Waals surface area contributed by atoms with Crippen LogP contribution in [-0.2, 0) is 14.3 Å². The third kappa shape index (κ3) is 3.51. The molecule has 5 heteroatoms. The Labute approximate surface area is 89.3 Å². The predicted octanol–water partition coefficient (Wildman–Crippen LogP) is 0.821. The van der Waals surface area contributed by atoms with Crippen molar-refractivity contribution in [1.29, 1.82) is 0 Å². The molecule has 1 aliphatic rings. The summed E-state index contributed by atoms with van der Waals surface area (Å²) in [6, 6.07) is -0.0231. The van der Waals surface area contributed by atoms with E-state index in [1.165, 1.54) is 4.90 Å². The van der Waals surface area contributed by atoms with Gasteiger partial charge in [0, 0.05) is 0 Å². The molecule has 1 fully saturated rings. The van der Waals surface area contributed by atoms with Gasteiger partial charge in [-0.05, 0) is 20.8 Å². The van der Waals surface area contributed by atoms with Gasteiger partial charge < -0.3 is 14.3 Å². The first-order valence-electron chi connectivity index (χ1n) is 4.95. The molecule has 1 amide bonds. The highest BCUT2D eigenvalue weighted by Crippen LogP contribution is 2.15. The molecule has 0 spiro atoms. The number of hydrogen-bond donors (Lipinski definition) is 0. The van der Waals surface area contributed by atoms with Gasteiger partial charge in [-0.3, -0.25) is 4.90 Å². The van der Waals surface area contributed by atoms with Crippen LogP contribution in [0.1, 0.15) is 20.8 Å². The van der Waals surface area contributed by atoms with E-state index in [2.05, 4.69) is 0 Å². The van der Waals surface area contributed by atoms with Crippen LogP contribution in [0.25, 0.3) is 0 Å². The fourth-order valence-corrected chi connectivity index (χ4v) is 1.18. The van der Waals surface area contributed by atoms with E-state index in [4.69, 9.17) is 9.47 Å². The molecule has 0 unspecified atom stereocenters. The number of aldehydes is 1. The molecule has 86 valence electrons. The second-order valence-corrected chi connectivity index (χ2v) is 4.49. The molecule has 0 bridgehead atoms. The Morgan fingerprint density at radius 2 is 2.13 bits per heavy atom. The Hall–Kier alpha value is -1.10. The Morgan fingerprint density at radius 3 is 2.47 bits per heavy atom. The van der Waals surface area contributed by atoms with E-state index < -0.39 is 11.7 Å². The van der Waals surface area contributed by atoms with Gasteiger partial charge in [0.2, 0.25) is 0 Å². The van der Waals surface area contributed by atoms with Crippen molar-refractivity contribution in [3.05, 3.63) is 0 Å². The summed E-state index contributed by atoms with van der Waals surface area (Å²) in [7, 11) is 0. The maximum Gasteiger partial charge on any atom is 0.411 e. The van der Waals surface area contributed by atoms with Crippen LogP contribution in [0.5, 0.6) is 0 Å². The molecule has 0 saturated carbocycles. The van der Waals surface area contributed by atoms with E-state index in [0.29, 0.717) is 19.5 Å². The molecule has 0 atom stereocenters. The molecule has 1 rings (SSSR count). The molecule has 1 aliphatic heterocycles. The summed E-state index contributed by atoms with van der Waals surface area (Å²) in [5, 5.41) is 0. The first-order valence-corrected chi connectivity index (χ1v) is 4.95. The SMILES string of the molecule is CC(C)(C)OC(=O)N(CC=O)C1COC1. The Bertz CT molecular complexity index is 242. The third-order valence-corrected chi connectivity index (χ3v) is 1.96. The molecule has 0 aliphatic carbocycles. The van der Waals surface area contributed by atoms with E-state index in [9.17, 15) is 9.59 Å². The van der Waals surface area contributed by atoms with Crippen LogP contribution >= 0.6 is 0 Å². The number of carbonyl (C=O) groups excluding carboxylic acids is 2. The van der Waals surface area contributed by atoms with Gasteiger partial charge in [-0.2, -0.15) is 0 Å². The molecule has 0 aromatic carbocycles. The molecule has 0 aromatic heterocycles. The highest BCUT2D eigenvalue weighted by molar-refractivity contribution is 5.72. The van der Waals surface area contributed by atoms with Crippen LogP contribution in [-0.4, -0.2) is 48.7 Å². The molecule has 1 heterocycles. The fraction of sp³-hybridized carbons (Fsp3) is 0.800. The van der Waals surface area contributed by atoms with Crippen LogP contribution in [0.2, 0.25) is 0 Å². The van der Waals surface area contributed by atoms with Crippen molar-refractivity contribution in [2.45, 2.75) is 32.4 Å². The normalized spacial score (nSPS) is 16.7. The molecule has 0 radical (unpaired) electrons. The lowest BCUT2D eigenvalue weighted by molar-refractivity contribution is -0.113. The summed E-state index contributed by atoms with van der Waals surface area (Å²) < 4.78 is 10.2.